The van der Waals surface area contributed by atoms with Gasteiger partial charge in [-0.3, -0.25) is 9.59 Å². The van der Waals surface area contributed by atoms with E-state index in [1.54, 1.807) is 0 Å². The first-order valence-electron chi connectivity index (χ1n) is 8.22. The zero-order chi connectivity index (χ0) is 16.8. The Balaban J connectivity index is 1.87. The molecule has 5 nitrogen and oxygen atoms in total. The summed E-state index contributed by atoms with van der Waals surface area (Å²) in [6, 6.07) is 7.33. The molecular weight excluding hydrogens is 294 g/mol. The monoisotopic (exact) mass is 319 g/mol. The van der Waals surface area contributed by atoms with Crippen LogP contribution in [0.4, 0.5) is 5.69 Å². The maximum atomic E-state index is 12.3. The minimum atomic E-state index is -0.805. The number of nitrogens with one attached hydrogen (secondary N) is 1. The van der Waals surface area contributed by atoms with Gasteiger partial charge in [-0.15, -0.1) is 0 Å². The molecule has 2 N–H and O–H groups in total. The summed E-state index contributed by atoms with van der Waals surface area (Å²) in [5.74, 6) is -0.201. The topological polar surface area (TPSA) is 75.6 Å². The Morgan fingerprint density at radius 3 is 2.70 bits per heavy atom. The fourth-order valence-electron chi connectivity index (χ4n) is 2.76. The summed E-state index contributed by atoms with van der Waals surface area (Å²) in [5.41, 5.74) is 0.691. The predicted molar refractivity (Wildman–Crippen MR) is 88.5 cm³/mol. The van der Waals surface area contributed by atoms with Crippen LogP contribution in [-0.4, -0.2) is 23.6 Å². The largest absolute Gasteiger partial charge is 0.494 e. The first-order chi connectivity index (χ1) is 11.0. The Labute approximate surface area is 137 Å². The lowest BCUT2D eigenvalue weighted by molar-refractivity contribution is -0.141. The van der Waals surface area contributed by atoms with Crippen molar-refractivity contribution in [3.63, 3.8) is 0 Å². The second kappa shape index (κ2) is 7.99. The molecule has 1 saturated carbocycles. The summed E-state index contributed by atoms with van der Waals surface area (Å²) in [6.07, 6.45) is 2.61. The lowest BCUT2D eigenvalue weighted by Crippen LogP contribution is -2.21. The number of carboxylic acid groups (broad SMARTS) is 1. The molecule has 126 valence electrons. The van der Waals surface area contributed by atoms with Crippen LogP contribution in [0.25, 0.3) is 0 Å². The summed E-state index contributed by atoms with van der Waals surface area (Å²) < 4.78 is 5.68. The van der Waals surface area contributed by atoms with Gasteiger partial charge in [0.05, 0.1) is 12.5 Å². The van der Waals surface area contributed by atoms with E-state index in [4.69, 9.17) is 9.84 Å². The number of hydrogen-bond acceptors (Lipinski definition) is 3. The zero-order valence-electron chi connectivity index (χ0n) is 13.7. The molecule has 0 aromatic heterocycles. The maximum absolute atomic E-state index is 12.3. The van der Waals surface area contributed by atoms with Crippen molar-refractivity contribution in [3.8, 4) is 5.75 Å². The molecule has 0 heterocycles. The van der Waals surface area contributed by atoms with Crippen LogP contribution in [-0.2, 0) is 9.59 Å². The molecule has 23 heavy (non-hydrogen) atoms. The standard InChI is InChI=1S/C18H25NO4/c1-12(2)8-9-23-16-5-3-4-15(11-16)19-17(20)13-6-7-14(10-13)18(21)22/h3-5,11-14H,6-10H2,1-2H3,(H,19,20)(H,21,22)/t13-,14+/m1/s1. The fraction of sp³-hybridized carbons (Fsp3) is 0.556. The van der Waals surface area contributed by atoms with Crippen LogP contribution >= 0.6 is 0 Å². The maximum Gasteiger partial charge on any atom is 0.306 e. The van der Waals surface area contributed by atoms with Crippen molar-refractivity contribution in [2.75, 3.05) is 11.9 Å². The van der Waals surface area contributed by atoms with Gasteiger partial charge in [-0.1, -0.05) is 19.9 Å². The van der Waals surface area contributed by atoms with E-state index in [-0.39, 0.29) is 11.8 Å². The fourth-order valence-corrected chi connectivity index (χ4v) is 2.76. The first kappa shape index (κ1) is 17.3. The van der Waals surface area contributed by atoms with Crippen molar-refractivity contribution < 1.29 is 19.4 Å². The van der Waals surface area contributed by atoms with E-state index in [9.17, 15) is 9.59 Å². The summed E-state index contributed by atoms with van der Waals surface area (Å²) >= 11 is 0. The third-order valence-corrected chi connectivity index (χ3v) is 4.22. The highest BCUT2D eigenvalue weighted by Gasteiger charge is 2.33. The zero-order valence-corrected chi connectivity index (χ0v) is 13.7. The Hall–Kier alpha value is -2.04. The van der Waals surface area contributed by atoms with Gasteiger partial charge in [-0.25, -0.2) is 0 Å². The lowest BCUT2D eigenvalue weighted by atomic mass is 10.0. The second-order valence-corrected chi connectivity index (χ2v) is 6.59. The van der Waals surface area contributed by atoms with Gasteiger partial charge < -0.3 is 15.2 Å². The van der Waals surface area contributed by atoms with Gasteiger partial charge in [-0.2, -0.15) is 0 Å². The van der Waals surface area contributed by atoms with Crippen molar-refractivity contribution in [2.24, 2.45) is 17.8 Å². The van der Waals surface area contributed by atoms with Crippen LogP contribution < -0.4 is 10.1 Å². The molecular formula is C18H25NO4. The molecule has 0 unspecified atom stereocenters. The Bertz CT molecular complexity index is 556. The molecule has 1 amide bonds. The van der Waals surface area contributed by atoms with Crippen molar-refractivity contribution >= 4 is 17.6 Å². The van der Waals surface area contributed by atoms with Gasteiger partial charge in [0.1, 0.15) is 5.75 Å². The number of aliphatic carboxylic acids is 1. The minimum Gasteiger partial charge on any atom is -0.494 e. The summed E-state index contributed by atoms with van der Waals surface area (Å²) in [4.78, 5) is 23.2. The van der Waals surface area contributed by atoms with Crippen molar-refractivity contribution in [1.29, 1.82) is 0 Å². The van der Waals surface area contributed by atoms with Crippen LogP contribution in [0.1, 0.15) is 39.5 Å². The first-order valence-corrected chi connectivity index (χ1v) is 8.22. The molecule has 1 aromatic rings. The minimum absolute atomic E-state index is 0.104. The van der Waals surface area contributed by atoms with Gasteiger partial charge in [0.25, 0.3) is 0 Å². The number of amides is 1. The van der Waals surface area contributed by atoms with E-state index in [0.717, 1.165) is 12.2 Å². The molecule has 0 spiro atoms. The normalized spacial score (nSPS) is 20.5. The quantitative estimate of drug-likeness (QED) is 0.806. The SMILES string of the molecule is CC(C)CCOc1cccc(NC(=O)[C@@H]2CC[C@H](C(=O)O)C2)c1. The van der Waals surface area contributed by atoms with Gasteiger partial charge in [0.15, 0.2) is 0 Å². The summed E-state index contributed by atoms with van der Waals surface area (Å²) in [7, 11) is 0. The van der Waals surface area contributed by atoms with E-state index < -0.39 is 11.9 Å². The summed E-state index contributed by atoms with van der Waals surface area (Å²) in [5, 5.41) is 11.9. The van der Waals surface area contributed by atoms with Gasteiger partial charge in [0.2, 0.25) is 5.91 Å². The second-order valence-electron chi connectivity index (χ2n) is 6.59. The highest BCUT2D eigenvalue weighted by molar-refractivity contribution is 5.93. The smallest absolute Gasteiger partial charge is 0.306 e. The van der Waals surface area contributed by atoms with E-state index >= 15 is 0 Å². The van der Waals surface area contributed by atoms with Crippen molar-refractivity contribution in [1.82, 2.24) is 0 Å². The predicted octanol–water partition coefficient (Wildman–Crippen LogP) is 3.55. The van der Waals surface area contributed by atoms with E-state index in [2.05, 4.69) is 19.2 Å². The summed E-state index contributed by atoms with van der Waals surface area (Å²) in [6.45, 7) is 4.94. The van der Waals surface area contributed by atoms with Crippen LogP contribution in [0.2, 0.25) is 0 Å². The molecule has 0 bridgehead atoms. The van der Waals surface area contributed by atoms with Gasteiger partial charge in [0, 0.05) is 17.7 Å². The number of hydrogen-bond donors (Lipinski definition) is 2. The highest BCUT2D eigenvalue weighted by Crippen LogP contribution is 2.32. The molecule has 1 aliphatic rings. The van der Waals surface area contributed by atoms with Gasteiger partial charge >= 0.3 is 5.97 Å². The average Bonchev–Trinajstić information content (AvgIpc) is 2.97. The average molecular weight is 319 g/mol. The number of carboxylic acids is 1. The molecule has 5 heteroatoms. The molecule has 0 aliphatic heterocycles. The van der Waals surface area contributed by atoms with Crippen LogP contribution in [0.15, 0.2) is 24.3 Å². The third-order valence-electron chi connectivity index (χ3n) is 4.22. The molecule has 1 fully saturated rings. The Kier molecular flexibility index (Phi) is 6.02. The number of ether oxygens (including phenoxy) is 1. The lowest BCUT2D eigenvalue weighted by Gasteiger charge is -2.13. The molecule has 0 radical (unpaired) electrons. The molecule has 2 rings (SSSR count). The van der Waals surface area contributed by atoms with Crippen LogP contribution in [0.3, 0.4) is 0 Å². The third kappa shape index (κ3) is 5.27. The van der Waals surface area contributed by atoms with E-state index in [0.29, 0.717) is 37.5 Å². The Morgan fingerprint density at radius 1 is 1.30 bits per heavy atom. The van der Waals surface area contributed by atoms with Crippen molar-refractivity contribution in [2.45, 2.75) is 39.5 Å². The number of carbonyl (C=O) groups excluding carboxylic acids is 1. The molecule has 1 aliphatic carbocycles. The van der Waals surface area contributed by atoms with Crippen LogP contribution in [0.5, 0.6) is 5.75 Å². The van der Waals surface area contributed by atoms with Gasteiger partial charge in [-0.05, 0) is 43.7 Å². The molecule has 0 saturated heterocycles. The Morgan fingerprint density at radius 2 is 2.04 bits per heavy atom. The van der Waals surface area contributed by atoms with Crippen molar-refractivity contribution in [3.05, 3.63) is 24.3 Å². The van der Waals surface area contributed by atoms with E-state index in [1.807, 2.05) is 24.3 Å². The molecule has 2 atom stereocenters. The number of anilines is 1. The number of rotatable bonds is 7. The number of carbonyl (C=O) groups is 2. The number of benzene rings is 1. The highest BCUT2D eigenvalue weighted by atomic mass is 16.5. The van der Waals surface area contributed by atoms with Crippen LogP contribution in [0, 0.1) is 17.8 Å². The molecule has 1 aromatic carbocycles. The van der Waals surface area contributed by atoms with E-state index in [1.165, 1.54) is 0 Å².